The molecular weight excluding hydrogens is 332 g/mol. The molecule has 1 unspecified atom stereocenters. The maximum Gasteiger partial charge on any atom is 0.0621 e. The van der Waals surface area contributed by atoms with E-state index in [2.05, 4.69) is 57.7 Å². The van der Waals surface area contributed by atoms with Gasteiger partial charge in [0, 0.05) is 15.6 Å². The van der Waals surface area contributed by atoms with Crippen LogP contribution in [-0.4, -0.2) is 11.2 Å². The molecule has 1 atom stereocenters. The molecule has 2 aromatic carbocycles. The van der Waals surface area contributed by atoms with Crippen LogP contribution in [0.5, 0.6) is 0 Å². The largest absolute Gasteiger partial charge is 0.392 e. The van der Waals surface area contributed by atoms with Crippen LogP contribution in [0, 0.1) is 0 Å². The van der Waals surface area contributed by atoms with E-state index in [-0.39, 0.29) is 6.10 Å². The smallest absolute Gasteiger partial charge is 0.0621 e. The highest BCUT2D eigenvalue weighted by atomic mass is 79.9. The molecule has 1 heterocycles. The van der Waals surface area contributed by atoms with Crippen LogP contribution in [0.2, 0.25) is 0 Å². The second-order valence-corrected chi connectivity index (χ2v) is 6.77. The minimum Gasteiger partial charge on any atom is -0.392 e. The SMILES string of the molecule is OC(Cc1ccc(Br)cc1)Cc1csc2ccccc12. The maximum absolute atomic E-state index is 10.3. The highest BCUT2D eigenvalue weighted by molar-refractivity contribution is 9.10. The average molecular weight is 347 g/mol. The van der Waals surface area contributed by atoms with Gasteiger partial charge in [0.1, 0.15) is 0 Å². The molecule has 0 radical (unpaired) electrons. The van der Waals surface area contributed by atoms with Gasteiger partial charge >= 0.3 is 0 Å². The van der Waals surface area contributed by atoms with E-state index in [1.807, 2.05) is 12.1 Å². The van der Waals surface area contributed by atoms with Gasteiger partial charge in [-0.15, -0.1) is 11.3 Å². The van der Waals surface area contributed by atoms with Gasteiger partial charge in [0.25, 0.3) is 0 Å². The number of rotatable bonds is 4. The van der Waals surface area contributed by atoms with Crippen molar-refractivity contribution in [3.05, 3.63) is 69.5 Å². The van der Waals surface area contributed by atoms with Crippen molar-refractivity contribution in [1.82, 2.24) is 0 Å². The summed E-state index contributed by atoms with van der Waals surface area (Å²) in [5.74, 6) is 0. The Balaban J connectivity index is 1.72. The summed E-state index contributed by atoms with van der Waals surface area (Å²) in [5, 5.41) is 13.7. The molecule has 3 aromatic rings. The topological polar surface area (TPSA) is 20.2 Å². The summed E-state index contributed by atoms with van der Waals surface area (Å²) in [6, 6.07) is 16.5. The minimum atomic E-state index is -0.339. The van der Waals surface area contributed by atoms with Gasteiger partial charge in [-0.25, -0.2) is 0 Å². The molecule has 0 bridgehead atoms. The Labute approximate surface area is 131 Å². The number of benzene rings is 2. The third kappa shape index (κ3) is 3.11. The summed E-state index contributed by atoms with van der Waals surface area (Å²) in [7, 11) is 0. The van der Waals surface area contributed by atoms with Crippen LogP contribution in [0.25, 0.3) is 10.1 Å². The summed E-state index contributed by atoms with van der Waals surface area (Å²) in [5.41, 5.74) is 2.41. The first kappa shape index (κ1) is 13.8. The molecule has 0 aliphatic rings. The van der Waals surface area contributed by atoms with Crippen molar-refractivity contribution in [2.45, 2.75) is 18.9 Å². The predicted octanol–water partition coefficient (Wildman–Crippen LogP) is 4.81. The van der Waals surface area contributed by atoms with Gasteiger partial charge in [0.2, 0.25) is 0 Å². The minimum absolute atomic E-state index is 0.339. The third-order valence-corrected chi connectivity index (χ3v) is 4.94. The van der Waals surface area contributed by atoms with Crippen LogP contribution in [0.1, 0.15) is 11.1 Å². The summed E-state index contributed by atoms with van der Waals surface area (Å²) >= 11 is 5.17. The van der Waals surface area contributed by atoms with Crippen LogP contribution in [-0.2, 0) is 12.8 Å². The van der Waals surface area contributed by atoms with Crippen molar-refractivity contribution in [2.24, 2.45) is 0 Å². The van der Waals surface area contributed by atoms with E-state index >= 15 is 0 Å². The lowest BCUT2D eigenvalue weighted by Gasteiger charge is -2.10. The summed E-state index contributed by atoms with van der Waals surface area (Å²) in [6.07, 6.45) is 1.06. The fourth-order valence-corrected chi connectivity index (χ4v) is 3.65. The summed E-state index contributed by atoms with van der Waals surface area (Å²) in [4.78, 5) is 0. The van der Waals surface area contributed by atoms with Crippen LogP contribution in [0.3, 0.4) is 0 Å². The lowest BCUT2D eigenvalue weighted by molar-refractivity contribution is 0.176. The van der Waals surface area contributed by atoms with E-state index in [4.69, 9.17) is 0 Å². The van der Waals surface area contributed by atoms with Crippen LogP contribution < -0.4 is 0 Å². The van der Waals surface area contributed by atoms with Crippen LogP contribution in [0.4, 0.5) is 0 Å². The van der Waals surface area contributed by atoms with E-state index in [1.165, 1.54) is 21.2 Å². The number of aliphatic hydroxyl groups is 1. The molecule has 1 aromatic heterocycles. The Morgan fingerprint density at radius 2 is 1.75 bits per heavy atom. The molecule has 0 spiro atoms. The molecule has 0 amide bonds. The van der Waals surface area contributed by atoms with E-state index in [0.29, 0.717) is 12.8 Å². The molecule has 1 nitrogen and oxygen atoms in total. The average Bonchev–Trinajstić information content (AvgIpc) is 2.85. The van der Waals surface area contributed by atoms with E-state index < -0.39 is 0 Å². The van der Waals surface area contributed by atoms with Crippen molar-refractivity contribution in [3.63, 3.8) is 0 Å². The summed E-state index contributed by atoms with van der Waals surface area (Å²) in [6.45, 7) is 0. The predicted molar refractivity (Wildman–Crippen MR) is 89.4 cm³/mol. The molecule has 0 aliphatic carbocycles. The maximum atomic E-state index is 10.3. The Hall–Kier alpha value is -1.16. The highest BCUT2D eigenvalue weighted by Crippen LogP contribution is 2.27. The van der Waals surface area contributed by atoms with Crippen molar-refractivity contribution in [3.8, 4) is 0 Å². The van der Waals surface area contributed by atoms with Gasteiger partial charge in [0.05, 0.1) is 6.10 Å². The zero-order valence-electron chi connectivity index (χ0n) is 10.9. The van der Waals surface area contributed by atoms with Crippen molar-refractivity contribution >= 4 is 37.4 Å². The highest BCUT2D eigenvalue weighted by Gasteiger charge is 2.10. The quantitative estimate of drug-likeness (QED) is 0.718. The Bertz CT molecular complexity index is 702. The van der Waals surface area contributed by atoms with Gasteiger partial charge in [-0.1, -0.05) is 46.3 Å². The Morgan fingerprint density at radius 3 is 2.55 bits per heavy atom. The first-order chi connectivity index (χ1) is 9.72. The van der Waals surface area contributed by atoms with Gasteiger partial charge in [-0.05, 0) is 46.5 Å². The molecule has 1 N–H and O–H groups in total. The Kier molecular flexibility index (Phi) is 4.20. The van der Waals surface area contributed by atoms with E-state index in [1.54, 1.807) is 11.3 Å². The standard InChI is InChI=1S/C17H15BrOS/c18-14-7-5-12(6-8-14)9-15(19)10-13-11-20-17-4-2-1-3-16(13)17/h1-8,11,15,19H,9-10H2. The molecular formula is C17H15BrOS. The molecule has 3 rings (SSSR count). The van der Waals surface area contributed by atoms with Crippen LogP contribution >= 0.6 is 27.3 Å². The first-order valence-electron chi connectivity index (χ1n) is 6.60. The fourth-order valence-electron chi connectivity index (χ4n) is 2.41. The number of thiophene rings is 1. The first-order valence-corrected chi connectivity index (χ1v) is 8.27. The number of hydrogen-bond acceptors (Lipinski definition) is 2. The molecule has 0 saturated heterocycles. The van der Waals surface area contributed by atoms with Crippen molar-refractivity contribution in [2.75, 3.05) is 0 Å². The third-order valence-electron chi connectivity index (χ3n) is 3.40. The van der Waals surface area contributed by atoms with E-state index in [9.17, 15) is 5.11 Å². The van der Waals surface area contributed by atoms with E-state index in [0.717, 1.165) is 4.47 Å². The number of hydrogen-bond donors (Lipinski definition) is 1. The lowest BCUT2D eigenvalue weighted by Crippen LogP contribution is -2.13. The van der Waals surface area contributed by atoms with Gasteiger partial charge in [-0.2, -0.15) is 0 Å². The monoisotopic (exact) mass is 346 g/mol. The van der Waals surface area contributed by atoms with Crippen molar-refractivity contribution in [1.29, 1.82) is 0 Å². The van der Waals surface area contributed by atoms with Gasteiger partial charge in [0.15, 0.2) is 0 Å². The molecule has 0 saturated carbocycles. The second-order valence-electron chi connectivity index (χ2n) is 4.95. The molecule has 20 heavy (non-hydrogen) atoms. The molecule has 3 heteroatoms. The van der Waals surface area contributed by atoms with Crippen molar-refractivity contribution < 1.29 is 5.11 Å². The molecule has 102 valence electrons. The normalized spacial score (nSPS) is 12.7. The lowest BCUT2D eigenvalue weighted by atomic mass is 10.0. The molecule has 0 aliphatic heterocycles. The zero-order chi connectivity index (χ0) is 13.9. The van der Waals surface area contributed by atoms with Gasteiger partial charge in [-0.3, -0.25) is 0 Å². The fraction of sp³-hybridized carbons (Fsp3) is 0.176. The van der Waals surface area contributed by atoms with Crippen LogP contribution in [0.15, 0.2) is 58.4 Å². The molecule has 0 fully saturated rings. The second kappa shape index (κ2) is 6.08. The Morgan fingerprint density at radius 1 is 1.00 bits per heavy atom. The zero-order valence-corrected chi connectivity index (χ0v) is 13.3. The number of aliphatic hydroxyl groups excluding tert-OH is 1. The summed E-state index contributed by atoms with van der Waals surface area (Å²) < 4.78 is 2.36. The number of halogens is 1. The van der Waals surface area contributed by atoms with Gasteiger partial charge < -0.3 is 5.11 Å². The number of fused-ring (bicyclic) bond motifs is 1.